The van der Waals surface area contributed by atoms with Crippen LogP contribution in [0.3, 0.4) is 0 Å². The fourth-order valence-electron chi connectivity index (χ4n) is 2.00. The summed E-state index contributed by atoms with van der Waals surface area (Å²) in [6.45, 7) is 5.57. The first-order valence-corrected chi connectivity index (χ1v) is 8.98. The van der Waals surface area contributed by atoms with Crippen LogP contribution in [0.1, 0.15) is 25.1 Å². The molecule has 6 nitrogen and oxygen atoms in total. The average Bonchev–Trinajstić information content (AvgIpc) is 2.97. The lowest BCUT2D eigenvalue weighted by Gasteiger charge is -2.15. The molecule has 0 aliphatic carbocycles. The van der Waals surface area contributed by atoms with Crippen molar-refractivity contribution in [2.45, 2.75) is 33.3 Å². The molecule has 1 heterocycles. The van der Waals surface area contributed by atoms with Crippen molar-refractivity contribution in [3.8, 4) is 5.75 Å². The number of carbonyl (C=O) groups excluding carboxylic acids is 2. The zero-order valence-electron chi connectivity index (χ0n) is 14.2. The van der Waals surface area contributed by atoms with E-state index in [9.17, 15) is 9.59 Å². The second kappa shape index (κ2) is 8.82. The molecular formula is C17H19ClN2O4S. The maximum Gasteiger partial charge on any atom is 0.311 e. The second-order valence-electron chi connectivity index (χ2n) is 5.28. The molecule has 2 aromatic rings. The predicted octanol–water partition coefficient (Wildman–Crippen LogP) is 3.62. The molecule has 0 bridgehead atoms. The molecule has 1 N–H and O–H groups in total. The third-order valence-electron chi connectivity index (χ3n) is 3.22. The summed E-state index contributed by atoms with van der Waals surface area (Å²) in [7, 11) is 0. The number of esters is 1. The van der Waals surface area contributed by atoms with Gasteiger partial charge < -0.3 is 9.47 Å². The number of anilines is 1. The van der Waals surface area contributed by atoms with Crippen LogP contribution in [0, 0.1) is 6.92 Å². The van der Waals surface area contributed by atoms with Crippen LogP contribution < -0.4 is 10.1 Å². The van der Waals surface area contributed by atoms with Gasteiger partial charge in [-0.25, -0.2) is 4.98 Å². The number of aryl methyl sites for hydroxylation is 1. The van der Waals surface area contributed by atoms with Gasteiger partial charge in [-0.3, -0.25) is 14.9 Å². The van der Waals surface area contributed by atoms with Crippen molar-refractivity contribution >= 4 is 39.9 Å². The van der Waals surface area contributed by atoms with Gasteiger partial charge in [0, 0.05) is 10.4 Å². The van der Waals surface area contributed by atoms with Gasteiger partial charge in [-0.1, -0.05) is 11.6 Å². The first-order chi connectivity index (χ1) is 11.9. The highest BCUT2D eigenvalue weighted by atomic mass is 35.5. The number of rotatable bonds is 7. The first kappa shape index (κ1) is 19.2. The van der Waals surface area contributed by atoms with Crippen LogP contribution in [-0.2, 0) is 20.7 Å². The molecule has 2 rings (SSSR count). The van der Waals surface area contributed by atoms with Gasteiger partial charge in [0.2, 0.25) is 0 Å². The SMILES string of the molecule is CCOC(=O)Cc1csc(NC(=O)C(C)Oc2ccc(Cl)cc2C)n1. The number of aromatic nitrogens is 1. The topological polar surface area (TPSA) is 77.5 Å². The highest BCUT2D eigenvalue weighted by molar-refractivity contribution is 7.13. The van der Waals surface area contributed by atoms with Crippen molar-refractivity contribution < 1.29 is 19.1 Å². The monoisotopic (exact) mass is 382 g/mol. The van der Waals surface area contributed by atoms with E-state index in [0.717, 1.165) is 5.56 Å². The molecule has 8 heteroatoms. The van der Waals surface area contributed by atoms with Crippen molar-refractivity contribution in [2.75, 3.05) is 11.9 Å². The van der Waals surface area contributed by atoms with E-state index in [-0.39, 0.29) is 18.3 Å². The molecule has 0 aliphatic rings. The van der Waals surface area contributed by atoms with Gasteiger partial charge in [-0.15, -0.1) is 11.3 Å². The normalized spacial score (nSPS) is 11.7. The van der Waals surface area contributed by atoms with E-state index < -0.39 is 6.10 Å². The van der Waals surface area contributed by atoms with Crippen molar-refractivity contribution in [3.05, 3.63) is 39.9 Å². The Balaban J connectivity index is 1.92. The fourth-order valence-corrected chi connectivity index (χ4v) is 2.94. The maximum absolute atomic E-state index is 12.2. The molecule has 0 aliphatic heterocycles. The number of nitrogens with zero attached hydrogens (tertiary/aromatic N) is 1. The number of thiazole rings is 1. The van der Waals surface area contributed by atoms with E-state index in [0.29, 0.717) is 28.2 Å². The van der Waals surface area contributed by atoms with Crippen molar-refractivity contribution in [3.63, 3.8) is 0 Å². The van der Waals surface area contributed by atoms with Gasteiger partial charge in [0.05, 0.1) is 18.7 Å². The number of carbonyl (C=O) groups is 2. The summed E-state index contributed by atoms with van der Waals surface area (Å²) >= 11 is 7.15. The van der Waals surface area contributed by atoms with E-state index in [1.54, 1.807) is 37.4 Å². The highest BCUT2D eigenvalue weighted by Gasteiger charge is 2.18. The largest absolute Gasteiger partial charge is 0.481 e. The lowest BCUT2D eigenvalue weighted by molar-refractivity contribution is -0.142. The van der Waals surface area contributed by atoms with Crippen LogP contribution in [0.5, 0.6) is 5.75 Å². The minimum absolute atomic E-state index is 0.0796. The van der Waals surface area contributed by atoms with Crippen molar-refractivity contribution in [1.29, 1.82) is 0 Å². The van der Waals surface area contributed by atoms with Crippen LogP contribution in [-0.4, -0.2) is 29.6 Å². The summed E-state index contributed by atoms with van der Waals surface area (Å²) in [6.07, 6.45) is -0.631. The summed E-state index contributed by atoms with van der Waals surface area (Å²) in [6, 6.07) is 5.20. The molecule has 0 radical (unpaired) electrons. The van der Waals surface area contributed by atoms with E-state index in [1.165, 1.54) is 11.3 Å². The molecule has 0 saturated heterocycles. The fraction of sp³-hybridized carbons (Fsp3) is 0.353. The summed E-state index contributed by atoms with van der Waals surface area (Å²) < 4.78 is 10.5. The smallest absolute Gasteiger partial charge is 0.311 e. The number of benzene rings is 1. The number of amides is 1. The van der Waals surface area contributed by atoms with Gasteiger partial charge in [-0.2, -0.15) is 0 Å². The lowest BCUT2D eigenvalue weighted by atomic mass is 10.2. The molecular weight excluding hydrogens is 364 g/mol. The Morgan fingerprint density at radius 2 is 2.16 bits per heavy atom. The highest BCUT2D eigenvalue weighted by Crippen LogP contribution is 2.23. The zero-order chi connectivity index (χ0) is 18.4. The van der Waals surface area contributed by atoms with Crippen molar-refractivity contribution in [2.24, 2.45) is 0 Å². The Morgan fingerprint density at radius 1 is 1.40 bits per heavy atom. The van der Waals surface area contributed by atoms with E-state index >= 15 is 0 Å². The average molecular weight is 383 g/mol. The summed E-state index contributed by atoms with van der Waals surface area (Å²) in [5.74, 6) is -0.0823. The Labute approximate surface area is 155 Å². The van der Waals surface area contributed by atoms with Crippen LogP contribution >= 0.6 is 22.9 Å². The standard InChI is InChI=1S/C17H19ClN2O4S/c1-4-23-15(21)8-13-9-25-17(19-13)20-16(22)11(3)24-14-6-5-12(18)7-10(14)2/h5-7,9,11H,4,8H2,1-3H3,(H,19,20,22). The van der Waals surface area contributed by atoms with Gasteiger partial charge in [0.1, 0.15) is 5.75 Å². The number of ether oxygens (including phenoxy) is 2. The molecule has 1 atom stereocenters. The van der Waals surface area contributed by atoms with E-state index in [2.05, 4.69) is 10.3 Å². The Morgan fingerprint density at radius 3 is 2.84 bits per heavy atom. The van der Waals surface area contributed by atoms with Crippen LogP contribution in [0.4, 0.5) is 5.13 Å². The van der Waals surface area contributed by atoms with Gasteiger partial charge in [-0.05, 0) is 44.5 Å². The molecule has 0 spiro atoms. The zero-order valence-corrected chi connectivity index (χ0v) is 15.7. The predicted molar refractivity (Wildman–Crippen MR) is 97.4 cm³/mol. The molecule has 0 fully saturated rings. The third-order valence-corrected chi connectivity index (χ3v) is 4.26. The lowest BCUT2D eigenvalue weighted by Crippen LogP contribution is -2.30. The number of hydrogen-bond donors (Lipinski definition) is 1. The van der Waals surface area contributed by atoms with Gasteiger partial charge >= 0.3 is 5.97 Å². The van der Waals surface area contributed by atoms with E-state index in [4.69, 9.17) is 21.1 Å². The molecule has 134 valence electrons. The summed E-state index contributed by atoms with van der Waals surface area (Å²) in [5, 5.41) is 5.41. The molecule has 25 heavy (non-hydrogen) atoms. The van der Waals surface area contributed by atoms with Gasteiger partial charge in [0.15, 0.2) is 11.2 Å². The maximum atomic E-state index is 12.2. The molecule has 1 aromatic carbocycles. The first-order valence-electron chi connectivity index (χ1n) is 7.72. The second-order valence-corrected chi connectivity index (χ2v) is 6.58. The quantitative estimate of drug-likeness (QED) is 0.740. The third kappa shape index (κ3) is 5.72. The minimum atomic E-state index is -0.711. The molecule has 1 aromatic heterocycles. The number of hydrogen-bond acceptors (Lipinski definition) is 6. The van der Waals surface area contributed by atoms with Crippen LogP contribution in [0.25, 0.3) is 0 Å². The Hall–Kier alpha value is -2.12. The Bertz CT molecular complexity index is 763. The minimum Gasteiger partial charge on any atom is -0.481 e. The van der Waals surface area contributed by atoms with Crippen molar-refractivity contribution in [1.82, 2.24) is 4.98 Å². The van der Waals surface area contributed by atoms with Crippen LogP contribution in [0.15, 0.2) is 23.6 Å². The van der Waals surface area contributed by atoms with Gasteiger partial charge in [0.25, 0.3) is 5.91 Å². The number of nitrogens with one attached hydrogen (secondary N) is 1. The van der Waals surface area contributed by atoms with Crippen LogP contribution in [0.2, 0.25) is 5.02 Å². The summed E-state index contributed by atoms with van der Waals surface area (Å²) in [4.78, 5) is 27.9. The number of halogens is 1. The summed E-state index contributed by atoms with van der Waals surface area (Å²) in [5.41, 5.74) is 1.40. The Kier molecular flexibility index (Phi) is 6.78. The van der Waals surface area contributed by atoms with E-state index in [1.807, 2.05) is 6.92 Å². The molecule has 0 saturated carbocycles. The molecule has 1 unspecified atom stereocenters. The molecule has 1 amide bonds.